The summed E-state index contributed by atoms with van der Waals surface area (Å²) in [4.78, 5) is 6.94. The fourth-order valence-corrected chi connectivity index (χ4v) is 4.15. The molecule has 2 aliphatic rings. The van der Waals surface area contributed by atoms with Gasteiger partial charge in [-0.3, -0.25) is 9.89 Å². The molecular formula is C20H40N4O2. The van der Waals surface area contributed by atoms with Gasteiger partial charge in [0.25, 0.3) is 0 Å². The summed E-state index contributed by atoms with van der Waals surface area (Å²) in [6, 6.07) is 0. The van der Waals surface area contributed by atoms with Gasteiger partial charge in [0.1, 0.15) is 0 Å². The van der Waals surface area contributed by atoms with Gasteiger partial charge in [-0.1, -0.05) is 12.8 Å². The molecule has 2 N–H and O–H groups in total. The average Bonchev–Trinajstić information content (AvgIpc) is 3.12. The fourth-order valence-electron chi connectivity index (χ4n) is 4.15. The van der Waals surface area contributed by atoms with Crippen molar-refractivity contribution >= 4 is 5.96 Å². The summed E-state index contributed by atoms with van der Waals surface area (Å²) in [5, 5.41) is 7.14. The Hall–Kier alpha value is -0.850. The minimum absolute atomic E-state index is 0.0847. The standard InChI is InChI=1S/C20H40N4O2/c1-5-25-13-10-20(8-6-7-9-20)17-23-18(21-4)22-16-19(2,3)24-11-14-26-15-12-24/h5-17H2,1-4H3,(H2,21,22,23). The molecule has 2 rings (SSSR count). The van der Waals surface area contributed by atoms with Gasteiger partial charge in [-0.05, 0) is 45.4 Å². The number of nitrogens with zero attached hydrogens (tertiary/aromatic N) is 2. The van der Waals surface area contributed by atoms with Gasteiger partial charge >= 0.3 is 0 Å². The molecule has 0 atom stereocenters. The van der Waals surface area contributed by atoms with Crippen LogP contribution in [-0.2, 0) is 9.47 Å². The third-order valence-electron chi connectivity index (χ3n) is 6.06. The van der Waals surface area contributed by atoms with Gasteiger partial charge < -0.3 is 20.1 Å². The van der Waals surface area contributed by atoms with Crippen LogP contribution < -0.4 is 10.6 Å². The zero-order chi connectivity index (χ0) is 18.9. The zero-order valence-electron chi connectivity index (χ0n) is 17.4. The van der Waals surface area contributed by atoms with Crippen LogP contribution in [0.4, 0.5) is 0 Å². The van der Waals surface area contributed by atoms with Gasteiger partial charge in [-0.2, -0.15) is 0 Å². The summed E-state index contributed by atoms with van der Waals surface area (Å²) >= 11 is 0. The van der Waals surface area contributed by atoms with E-state index in [9.17, 15) is 0 Å². The van der Waals surface area contributed by atoms with E-state index in [1.165, 1.54) is 25.7 Å². The molecule has 0 amide bonds. The summed E-state index contributed by atoms with van der Waals surface area (Å²) in [5.41, 5.74) is 0.452. The molecule has 1 aliphatic carbocycles. The van der Waals surface area contributed by atoms with E-state index in [4.69, 9.17) is 9.47 Å². The highest BCUT2D eigenvalue weighted by molar-refractivity contribution is 5.79. The highest BCUT2D eigenvalue weighted by Gasteiger charge is 2.34. The highest BCUT2D eigenvalue weighted by Crippen LogP contribution is 2.40. The van der Waals surface area contributed by atoms with Crippen LogP contribution in [0.25, 0.3) is 0 Å². The maximum absolute atomic E-state index is 5.62. The number of rotatable bonds is 9. The summed E-state index contributed by atoms with van der Waals surface area (Å²) in [6.45, 7) is 13.9. The number of aliphatic imine (C=N–C) groups is 1. The number of hydrogen-bond acceptors (Lipinski definition) is 4. The van der Waals surface area contributed by atoms with Crippen molar-refractivity contribution in [3.05, 3.63) is 0 Å². The van der Waals surface area contributed by atoms with Crippen molar-refractivity contribution in [3.8, 4) is 0 Å². The third-order valence-corrected chi connectivity index (χ3v) is 6.06. The minimum Gasteiger partial charge on any atom is -0.382 e. The number of ether oxygens (including phenoxy) is 2. The van der Waals surface area contributed by atoms with Crippen LogP contribution in [0.15, 0.2) is 4.99 Å². The summed E-state index contributed by atoms with van der Waals surface area (Å²) in [5.74, 6) is 0.911. The lowest BCUT2D eigenvalue weighted by molar-refractivity contribution is -0.00835. The van der Waals surface area contributed by atoms with E-state index in [1.54, 1.807) is 0 Å². The molecular weight excluding hydrogens is 328 g/mol. The molecule has 0 aromatic heterocycles. The SMILES string of the molecule is CCOCCC1(CNC(=NC)NCC(C)(C)N2CCOCC2)CCCC1. The molecule has 26 heavy (non-hydrogen) atoms. The van der Waals surface area contributed by atoms with Gasteiger partial charge in [0.2, 0.25) is 0 Å². The Bertz CT molecular complexity index is 428. The van der Waals surface area contributed by atoms with Gasteiger partial charge in [-0.15, -0.1) is 0 Å². The number of hydrogen-bond donors (Lipinski definition) is 2. The predicted molar refractivity (Wildman–Crippen MR) is 108 cm³/mol. The molecule has 0 bridgehead atoms. The molecule has 0 radical (unpaired) electrons. The number of morpholine rings is 1. The third kappa shape index (κ3) is 6.39. The van der Waals surface area contributed by atoms with Gasteiger partial charge in [0.05, 0.1) is 13.2 Å². The zero-order valence-corrected chi connectivity index (χ0v) is 17.4. The lowest BCUT2D eigenvalue weighted by Gasteiger charge is -2.41. The Morgan fingerprint density at radius 3 is 2.50 bits per heavy atom. The molecule has 6 heteroatoms. The van der Waals surface area contributed by atoms with Crippen molar-refractivity contribution in [2.45, 2.75) is 58.4 Å². The quantitative estimate of drug-likeness (QED) is 0.371. The van der Waals surface area contributed by atoms with Crippen LogP contribution in [0.5, 0.6) is 0 Å². The molecule has 1 saturated heterocycles. The fraction of sp³-hybridized carbons (Fsp3) is 0.950. The predicted octanol–water partition coefficient (Wildman–Crippen LogP) is 2.25. The Morgan fingerprint density at radius 2 is 1.88 bits per heavy atom. The van der Waals surface area contributed by atoms with E-state index < -0.39 is 0 Å². The second-order valence-corrected chi connectivity index (χ2v) is 8.35. The highest BCUT2D eigenvalue weighted by atomic mass is 16.5. The second kappa shape index (κ2) is 10.5. The first kappa shape index (κ1) is 21.5. The molecule has 0 aromatic rings. The van der Waals surface area contributed by atoms with Crippen molar-refractivity contribution in [2.24, 2.45) is 10.4 Å². The van der Waals surface area contributed by atoms with Gasteiger partial charge in [0.15, 0.2) is 5.96 Å². The van der Waals surface area contributed by atoms with Crippen molar-refractivity contribution in [1.29, 1.82) is 0 Å². The Labute approximate surface area is 160 Å². The molecule has 2 fully saturated rings. The van der Waals surface area contributed by atoms with E-state index >= 15 is 0 Å². The van der Waals surface area contributed by atoms with Crippen LogP contribution in [-0.4, -0.2) is 76.1 Å². The lowest BCUT2D eigenvalue weighted by Crippen LogP contribution is -2.57. The largest absolute Gasteiger partial charge is 0.382 e. The Kier molecular flexibility index (Phi) is 8.64. The van der Waals surface area contributed by atoms with Crippen LogP contribution >= 0.6 is 0 Å². The molecule has 1 aliphatic heterocycles. The number of nitrogens with one attached hydrogen (secondary N) is 2. The molecule has 0 spiro atoms. The summed E-state index contributed by atoms with van der Waals surface area (Å²) in [7, 11) is 1.86. The van der Waals surface area contributed by atoms with E-state index in [2.05, 4.69) is 41.3 Å². The molecule has 1 saturated carbocycles. The van der Waals surface area contributed by atoms with Crippen LogP contribution in [0.1, 0.15) is 52.9 Å². The van der Waals surface area contributed by atoms with Crippen molar-refractivity contribution < 1.29 is 9.47 Å². The molecule has 0 unspecified atom stereocenters. The Morgan fingerprint density at radius 1 is 1.19 bits per heavy atom. The molecule has 0 aromatic carbocycles. The summed E-state index contributed by atoms with van der Waals surface area (Å²) < 4.78 is 11.1. The normalized spacial score (nSPS) is 21.8. The van der Waals surface area contributed by atoms with Crippen molar-refractivity contribution in [1.82, 2.24) is 15.5 Å². The average molecular weight is 369 g/mol. The first-order valence-electron chi connectivity index (χ1n) is 10.4. The lowest BCUT2D eigenvalue weighted by atomic mass is 9.83. The van der Waals surface area contributed by atoms with Gasteiger partial charge in [0, 0.05) is 52.0 Å². The van der Waals surface area contributed by atoms with E-state index in [1.807, 2.05) is 7.05 Å². The number of guanidine groups is 1. The van der Waals surface area contributed by atoms with E-state index in [-0.39, 0.29) is 5.54 Å². The second-order valence-electron chi connectivity index (χ2n) is 8.35. The maximum atomic E-state index is 5.62. The van der Waals surface area contributed by atoms with Crippen LogP contribution in [0, 0.1) is 5.41 Å². The molecule has 6 nitrogen and oxygen atoms in total. The first-order valence-corrected chi connectivity index (χ1v) is 10.4. The Balaban J connectivity index is 1.80. The van der Waals surface area contributed by atoms with E-state index in [0.29, 0.717) is 5.41 Å². The topological polar surface area (TPSA) is 58.1 Å². The van der Waals surface area contributed by atoms with Crippen LogP contribution in [0.3, 0.4) is 0 Å². The monoisotopic (exact) mass is 368 g/mol. The minimum atomic E-state index is 0.0847. The van der Waals surface area contributed by atoms with Gasteiger partial charge in [-0.25, -0.2) is 0 Å². The molecule has 1 heterocycles. The van der Waals surface area contributed by atoms with E-state index in [0.717, 1.165) is 65.0 Å². The maximum Gasteiger partial charge on any atom is 0.191 e. The molecule has 152 valence electrons. The smallest absolute Gasteiger partial charge is 0.191 e. The van der Waals surface area contributed by atoms with Crippen molar-refractivity contribution in [3.63, 3.8) is 0 Å². The first-order chi connectivity index (χ1) is 12.5. The van der Waals surface area contributed by atoms with Crippen molar-refractivity contribution in [2.75, 3.05) is 59.7 Å². The van der Waals surface area contributed by atoms with Crippen LogP contribution in [0.2, 0.25) is 0 Å². The summed E-state index contributed by atoms with van der Waals surface area (Å²) in [6.07, 6.45) is 6.41.